The number of aryl methyl sites for hydroxylation is 2. The number of hydrogen-bond acceptors (Lipinski definition) is 1. The van der Waals surface area contributed by atoms with Crippen LogP contribution in [0.5, 0.6) is 0 Å². The van der Waals surface area contributed by atoms with Crippen LogP contribution in [0.2, 0.25) is 0 Å². The molecule has 18 heavy (non-hydrogen) atoms. The average molecular weight is 238 g/mol. The number of Topliss-reactive ketones (excluding diaryl/α,β-unsaturated/α-hetero) is 1. The van der Waals surface area contributed by atoms with Gasteiger partial charge in [0, 0.05) is 12.0 Å². The van der Waals surface area contributed by atoms with Gasteiger partial charge >= 0.3 is 0 Å². The summed E-state index contributed by atoms with van der Waals surface area (Å²) in [5.41, 5.74) is 4.33. The molecule has 0 radical (unpaired) electrons. The molecule has 0 heterocycles. The topological polar surface area (TPSA) is 17.1 Å². The van der Waals surface area contributed by atoms with Crippen LogP contribution >= 0.6 is 0 Å². The molecular weight excluding hydrogens is 220 g/mol. The molecule has 0 unspecified atom stereocenters. The molecular formula is C17H18O. The van der Waals surface area contributed by atoms with Crippen molar-refractivity contribution in [1.29, 1.82) is 0 Å². The zero-order chi connectivity index (χ0) is 13.0. The smallest absolute Gasteiger partial charge is 0.167 e. The summed E-state index contributed by atoms with van der Waals surface area (Å²) < 4.78 is 0. The first kappa shape index (κ1) is 12.6. The molecule has 2 rings (SSSR count). The van der Waals surface area contributed by atoms with Crippen LogP contribution in [-0.4, -0.2) is 5.78 Å². The number of ketones is 1. The minimum Gasteiger partial charge on any atom is -0.294 e. The Morgan fingerprint density at radius 1 is 1.00 bits per heavy atom. The third-order valence-electron chi connectivity index (χ3n) is 3.14. The molecule has 2 aromatic rings. The first-order valence-electron chi connectivity index (χ1n) is 6.36. The fraction of sp³-hybridized carbons (Fsp3) is 0.235. The molecule has 0 bridgehead atoms. The van der Waals surface area contributed by atoms with Crippen molar-refractivity contribution in [2.24, 2.45) is 0 Å². The molecule has 0 aromatic heterocycles. The lowest BCUT2D eigenvalue weighted by molar-refractivity contribution is 0.0993. The number of carbonyl (C=O) groups is 1. The summed E-state index contributed by atoms with van der Waals surface area (Å²) in [4.78, 5) is 12.2. The molecule has 0 aliphatic carbocycles. The minimum absolute atomic E-state index is 0.189. The second kappa shape index (κ2) is 5.63. The fourth-order valence-corrected chi connectivity index (χ4v) is 1.96. The van der Waals surface area contributed by atoms with Crippen LogP contribution in [0.3, 0.4) is 0 Å². The minimum atomic E-state index is 0.189. The van der Waals surface area contributed by atoms with Crippen LogP contribution in [0.4, 0.5) is 0 Å². The molecule has 0 atom stereocenters. The first-order chi connectivity index (χ1) is 8.69. The third kappa shape index (κ3) is 3.07. The zero-order valence-corrected chi connectivity index (χ0v) is 10.9. The lowest BCUT2D eigenvalue weighted by Crippen LogP contribution is -2.04. The van der Waals surface area contributed by atoms with Crippen molar-refractivity contribution in [3.8, 4) is 0 Å². The van der Waals surface area contributed by atoms with E-state index in [4.69, 9.17) is 0 Å². The largest absolute Gasteiger partial charge is 0.294 e. The predicted octanol–water partition coefficient (Wildman–Crippen LogP) is 3.98. The highest BCUT2D eigenvalue weighted by Crippen LogP contribution is 2.11. The fourth-order valence-electron chi connectivity index (χ4n) is 1.96. The van der Waals surface area contributed by atoms with E-state index >= 15 is 0 Å². The van der Waals surface area contributed by atoms with E-state index in [0.717, 1.165) is 17.5 Å². The molecule has 1 nitrogen and oxygen atoms in total. The maximum absolute atomic E-state index is 12.2. The van der Waals surface area contributed by atoms with E-state index in [1.807, 2.05) is 42.5 Å². The maximum atomic E-state index is 12.2. The van der Waals surface area contributed by atoms with Gasteiger partial charge in [0.15, 0.2) is 5.78 Å². The maximum Gasteiger partial charge on any atom is 0.167 e. The van der Waals surface area contributed by atoms with Crippen molar-refractivity contribution in [2.75, 3.05) is 0 Å². The summed E-state index contributed by atoms with van der Waals surface area (Å²) in [5, 5.41) is 0. The van der Waals surface area contributed by atoms with Crippen LogP contribution in [0.25, 0.3) is 0 Å². The molecule has 0 saturated heterocycles. The van der Waals surface area contributed by atoms with Gasteiger partial charge in [-0.25, -0.2) is 0 Å². The second-order valence-electron chi connectivity index (χ2n) is 4.64. The van der Waals surface area contributed by atoms with Gasteiger partial charge in [-0.1, -0.05) is 55.0 Å². The van der Waals surface area contributed by atoms with Gasteiger partial charge in [-0.05, 0) is 30.5 Å². The van der Waals surface area contributed by atoms with E-state index in [-0.39, 0.29) is 5.78 Å². The van der Waals surface area contributed by atoms with Crippen LogP contribution in [0.1, 0.15) is 34.0 Å². The Labute approximate surface area is 108 Å². The molecule has 0 amide bonds. The van der Waals surface area contributed by atoms with E-state index in [9.17, 15) is 4.79 Å². The highest BCUT2D eigenvalue weighted by Gasteiger charge is 2.07. The van der Waals surface area contributed by atoms with Gasteiger partial charge < -0.3 is 0 Å². The molecule has 0 N–H and O–H groups in total. The molecule has 1 heteroatoms. The van der Waals surface area contributed by atoms with E-state index in [1.165, 1.54) is 11.1 Å². The van der Waals surface area contributed by atoms with Crippen LogP contribution in [0.15, 0.2) is 48.5 Å². The van der Waals surface area contributed by atoms with Crippen molar-refractivity contribution in [3.05, 3.63) is 70.8 Å². The predicted molar refractivity (Wildman–Crippen MR) is 75.0 cm³/mol. The highest BCUT2D eigenvalue weighted by atomic mass is 16.1. The summed E-state index contributed by atoms with van der Waals surface area (Å²) in [6, 6.07) is 16.1. The third-order valence-corrected chi connectivity index (χ3v) is 3.14. The van der Waals surface area contributed by atoms with E-state index < -0.39 is 0 Å². The van der Waals surface area contributed by atoms with Crippen LogP contribution in [-0.2, 0) is 12.8 Å². The quantitative estimate of drug-likeness (QED) is 0.736. The SMILES string of the molecule is CCc1cccc(C(=O)Cc2ccc(C)cc2)c1. The summed E-state index contributed by atoms with van der Waals surface area (Å²) in [7, 11) is 0. The zero-order valence-electron chi connectivity index (χ0n) is 10.9. The lowest BCUT2D eigenvalue weighted by atomic mass is 10.00. The van der Waals surface area contributed by atoms with Gasteiger partial charge in [0.2, 0.25) is 0 Å². The molecule has 0 saturated carbocycles. The molecule has 92 valence electrons. The number of benzene rings is 2. The average Bonchev–Trinajstić information content (AvgIpc) is 2.41. The van der Waals surface area contributed by atoms with Gasteiger partial charge in [-0.15, -0.1) is 0 Å². The van der Waals surface area contributed by atoms with Gasteiger partial charge in [0.25, 0.3) is 0 Å². The Morgan fingerprint density at radius 3 is 2.39 bits per heavy atom. The van der Waals surface area contributed by atoms with Crippen molar-refractivity contribution in [2.45, 2.75) is 26.7 Å². The van der Waals surface area contributed by atoms with Gasteiger partial charge in [-0.2, -0.15) is 0 Å². The van der Waals surface area contributed by atoms with Crippen molar-refractivity contribution in [1.82, 2.24) is 0 Å². The monoisotopic (exact) mass is 238 g/mol. The first-order valence-corrected chi connectivity index (χ1v) is 6.36. The van der Waals surface area contributed by atoms with Gasteiger partial charge in [-0.3, -0.25) is 4.79 Å². The summed E-state index contributed by atoms with van der Waals surface area (Å²) in [6.07, 6.45) is 1.44. The number of rotatable bonds is 4. The van der Waals surface area contributed by atoms with Gasteiger partial charge in [0.1, 0.15) is 0 Å². The van der Waals surface area contributed by atoms with E-state index in [1.54, 1.807) is 0 Å². The number of hydrogen-bond donors (Lipinski definition) is 0. The normalized spacial score (nSPS) is 10.3. The highest BCUT2D eigenvalue weighted by molar-refractivity contribution is 5.97. The van der Waals surface area contributed by atoms with Gasteiger partial charge in [0.05, 0.1) is 0 Å². The van der Waals surface area contributed by atoms with Crippen molar-refractivity contribution >= 4 is 5.78 Å². The molecule has 2 aromatic carbocycles. The molecule has 0 spiro atoms. The molecule has 0 fully saturated rings. The lowest BCUT2D eigenvalue weighted by Gasteiger charge is -2.04. The Morgan fingerprint density at radius 2 is 1.72 bits per heavy atom. The Kier molecular flexibility index (Phi) is 3.93. The van der Waals surface area contributed by atoms with Crippen molar-refractivity contribution in [3.63, 3.8) is 0 Å². The Bertz CT molecular complexity index is 538. The Hall–Kier alpha value is -1.89. The standard InChI is InChI=1S/C17H18O/c1-3-14-5-4-6-16(11-14)17(18)12-15-9-7-13(2)8-10-15/h4-11H,3,12H2,1-2H3. The summed E-state index contributed by atoms with van der Waals surface area (Å²) >= 11 is 0. The van der Waals surface area contributed by atoms with Crippen LogP contribution in [0, 0.1) is 6.92 Å². The van der Waals surface area contributed by atoms with Crippen molar-refractivity contribution < 1.29 is 4.79 Å². The Balaban J connectivity index is 2.14. The van der Waals surface area contributed by atoms with E-state index in [2.05, 4.69) is 19.9 Å². The second-order valence-corrected chi connectivity index (χ2v) is 4.64. The number of carbonyl (C=O) groups excluding carboxylic acids is 1. The van der Waals surface area contributed by atoms with E-state index in [0.29, 0.717) is 6.42 Å². The summed E-state index contributed by atoms with van der Waals surface area (Å²) in [5.74, 6) is 0.189. The van der Waals surface area contributed by atoms with Crippen LogP contribution < -0.4 is 0 Å². The summed E-state index contributed by atoms with van der Waals surface area (Å²) in [6.45, 7) is 4.15. The molecule has 0 aliphatic rings. The molecule has 0 aliphatic heterocycles.